The average Bonchev–Trinajstić information content (AvgIpc) is 3.10. The van der Waals surface area contributed by atoms with Gasteiger partial charge in [0, 0.05) is 42.7 Å². The minimum Gasteiger partial charge on any atom is -0.384 e. The standard InChI is InChI=1S/C19H26N6O2/c1-12(2)15-8-13(9-18(26)22-15)19(27)25-7-5-14(10-25)24(3)11-17-21-6-4-16(20)23-17/h4,6,8-9,12,14H,5,7,10-11H2,1-3H3,(H,22,26)(H2,20,21,23). The number of pyridine rings is 1. The fourth-order valence-electron chi connectivity index (χ4n) is 3.31. The number of aromatic nitrogens is 3. The van der Waals surface area contributed by atoms with E-state index in [1.807, 2.05) is 20.9 Å². The van der Waals surface area contributed by atoms with Crippen LogP contribution in [-0.4, -0.2) is 56.8 Å². The molecule has 3 rings (SSSR count). The Kier molecular flexibility index (Phi) is 5.55. The summed E-state index contributed by atoms with van der Waals surface area (Å²) in [5.41, 5.74) is 6.69. The zero-order chi connectivity index (χ0) is 19.6. The normalized spacial score (nSPS) is 17.1. The van der Waals surface area contributed by atoms with E-state index in [1.165, 1.54) is 6.07 Å². The third-order valence-corrected chi connectivity index (χ3v) is 4.93. The molecule has 3 heterocycles. The van der Waals surface area contributed by atoms with Gasteiger partial charge in [0.1, 0.15) is 11.6 Å². The molecule has 8 nitrogen and oxygen atoms in total. The lowest BCUT2D eigenvalue weighted by molar-refractivity contribution is 0.0779. The first kappa shape index (κ1) is 19.0. The second kappa shape index (κ2) is 7.87. The lowest BCUT2D eigenvalue weighted by Gasteiger charge is -2.24. The predicted molar refractivity (Wildman–Crippen MR) is 103 cm³/mol. The molecule has 3 N–H and O–H groups in total. The number of hydrogen-bond donors (Lipinski definition) is 2. The van der Waals surface area contributed by atoms with Crippen molar-refractivity contribution in [3.63, 3.8) is 0 Å². The summed E-state index contributed by atoms with van der Waals surface area (Å²) in [5, 5.41) is 0. The van der Waals surface area contributed by atoms with E-state index in [9.17, 15) is 9.59 Å². The number of amides is 1. The Hall–Kier alpha value is -2.74. The lowest BCUT2D eigenvalue weighted by Crippen LogP contribution is -2.36. The number of nitrogens with one attached hydrogen (secondary N) is 1. The summed E-state index contributed by atoms with van der Waals surface area (Å²) >= 11 is 0. The maximum atomic E-state index is 12.9. The van der Waals surface area contributed by atoms with Gasteiger partial charge in [-0.3, -0.25) is 14.5 Å². The highest BCUT2D eigenvalue weighted by atomic mass is 16.2. The van der Waals surface area contributed by atoms with Gasteiger partial charge in [-0.05, 0) is 31.5 Å². The second-order valence-electron chi connectivity index (χ2n) is 7.35. The van der Waals surface area contributed by atoms with Crippen LogP contribution in [0, 0.1) is 0 Å². The van der Waals surface area contributed by atoms with Crippen molar-refractivity contribution < 1.29 is 4.79 Å². The number of nitrogens with zero attached hydrogens (tertiary/aromatic N) is 4. The summed E-state index contributed by atoms with van der Waals surface area (Å²) in [6, 6.07) is 5.04. The van der Waals surface area contributed by atoms with Crippen LogP contribution in [0.15, 0.2) is 29.2 Å². The number of aromatic amines is 1. The van der Waals surface area contributed by atoms with Crippen molar-refractivity contribution in [1.82, 2.24) is 24.8 Å². The molecule has 2 aromatic rings. The van der Waals surface area contributed by atoms with Crippen LogP contribution in [0.3, 0.4) is 0 Å². The summed E-state index contributed by atoms with van der Waals surface area (Å²) in [4.78, 5) is 39.9. The number of carbonyl (C=O) groups excluding carboxylic acids is 1. The van der Waals surface area contributed by atoms with Crippen molar-refractivity contribution in [1.29, 1.82) is 0 Å². The molecule has 0 saturated carbocycles. The quantitative estimate of drug-likeness (QED) is 0.819. The Morgan fingerprint density at radius 3 is 2.93 bits per heavy atom. The van der Waals surface area contributed by atoms with Crippen LogP contribution in [0.2, 0.25) is 0 Å². The number of carbonyl (C=O) groups is 1. The highest BCUT2D eigenvalue weighted by Gasteiger charge is 2.30. The van der Waals surface area contributed by atoms with Gasteiger partial charge in [-0.2, -0.15) is 0 Å². The van der Waals surface area contributed by atoms with Crippen molar-refractivity contribution in [2.45, 2.75) is 38.8 Å². The maximum absolute atomic E-state index is 12.9. The van der Waals surface area contributed by atoms with Gasteiger partial charge in [-0.25, -0.2) is 9.97 Å². The highest BCUT2D eigenvalue weighted by Crippen LogP contribution is 2.19. The molecule has 1 unspecified atom stereocenters. The zero-order valence-corrected chi connectivity index (χ0v) is 16.0. The molecule has 0 bridgehead atoms. The zero-order valence-electron chi connectivity index (χ0n) is 16.0. The van der Waals surface area contributed by atoms with Crippen LogP contribution in [0.25, 0.3) is 0 Å². The van der Waals surface area contributed by atoms with Crippen molar-refractivity contribution in [3.8, 4) is 0 Å². The molecule has 2 aromatic heterocycles. The molecule has 27 heavy (non-hydrogen) atoms. The van der Waals surface area contributed by atoms with Gasteiger partial charge in [0.15, 0.2) is 0 Å². The SMILES string of the molecule is CC(C)c1cc(C(=O)N2CCC(N(C)Cc3nccc(N)n3)C2)cc(=O)[nH]1. The third-order valence-electron chi connectivity index (χ3n) is 4.93. The molecular weight excluding hydrogens is 344 g/mol. The second-order valence-corrected chi connectivity index (χ2v) is 7.35. The van der Waals surface area contributed by atoms with Crippen LogP contribution in [0.1, 0.15) is 48.1 Å². The number of anilines is 1. The van der Waals surface area contributed by atoms with Crippen LogP contribution in [-0.2, 0) is 6.54 Å². The van der Waals surface area contributed by atoms with Gasteiger partial charge in [0.25, 0.3) is 5.91 Å². The third kappa shape index (κ3) is 4.51. The molecule has 1 atom stereocenters. The Labute approximate surface area is 158 Å². The molecule has 1 amide bonds. The molecule has 0 spiro atoms. The summed E-state index contributed by atoms with van der Waals surface area (Å²) < 4.78 is 0. The van der Waals surface area contributed by atoms with Crippen molar-refractivity contribution in [2.75, 3.05) is 25.9 Å². The molecule has 8 heteroatoms. The van der Waals surface area contributed by atoms with Crippen molar-refractivity contribution >= 4 is 11.7 Å². The van der Waals surface area contributed by atoms with Gasteiger partial charge in [0.05, 0.1) is 6.54 Å². The Morgan fingerprint density at radius 2 is 2.22 bits per heavy atom. The average molecular weight is 370 g/mol. The fraction of sp³-hybridized carbons (Fsp3) is 0.474. The van der Waals surface area contributed by atoms with E-state index in [2.05, 4.69) is 19.9 Å². The molecule has 144 valence electrons. The lowest BCUT2D eigenvalue weighted by atomic mass is 10.1. The Bertz CT molecular complexity index is 878. The smallest absolute Gasteiger partial charge is 0.254 e. The molecule has 0 radical (unpaired) electrons. The number of H-pyrrole nitrogens is 1. The van der Waals surface area contributed by atoms with Gasteiger partial charge in [0.2, 0.25) is 5.56 Å². The van der Waals surface area contributed by atoms with Gasteiger partial charge >= 0.3 is 0 Å². The molecule has 1 saturated heterocycles. The minimum absolute atomic E-state index is 0.0981. The molecule has 0 aromatic carbocycles. The number of hydrogen-bond acceptors (Lipinski definition) is 6. The first-order chi connectivity index (χ1) is 12.8. The van der Waals surface area contributed by atoms with E-state index in [0.717, 1.165) is 12.1 Å². The van der Waals surface area contributed by atoms with Crippen LogP contribution < -0.4 is 11.3 Å². The largest absolute Gasteiger partial charge is 0.384 e. The molecular formula is C19H26N6O2. The molecule has 0 aliphatic carbocycles. The molecule has 1 fully saturated rings. The summed E-state index contributed by atoms with van der Waals surface area (Å²) in [6.45, 7) is 5.81. The monoisotopic (exact) mass is 370 g/mol. The molecule has 1 aliphatic heterocycles. The van der Waals surface area contributed by atoms with Gasteiger partial charge in [-0.15, -0.1) is 0 Å². The van der Waals surface area contributed by atoms with Crippen LogP contribution in [0.4, 0.5) is 5.82 Å². The topological polar surface area (TPSA) is 108 Å². The molecule has 1 aliphatic rings. The fourth-order valence-corrected chi connectivity index (χ4v) is 3.31. The summed E-state index contributed by atoms with van der Waals surface area (Å²) in [7, 11) is 2.00. The maximum Gasteiger partial charge on any atom is 0.254 e. The number of nitrogens with two attached hydrogens (primary N) is 1. The summed E-state index contributed by atoms with van der Waals surface area (Å²) in [5.74, 6) is 1.17. The first-order valence-electron chi connectivity index (χ1n) is 9.14. The number of likely N-dealkylation sites (N-methyl/N-ethyl adjacent to an activating group) is 1. The van der Waals surface area contributed by atoms with E-state index in [1.54, 1.807) is 23.2 Å². The van der Waals surface area contributed by atoms with Crippen LogP contribution >= 0.6 is 0 Å². The van der Waals surface area contributed by atoms with E-state index < -0.39 is 0 Å². The predicted octanol–water partition coefficient (Wildman–Crippen LogP) is 1.22. The van der Waals surface area contributed by atoms with Crippen LogP contribution in [0.5, 0.6) is 0 Å². The minimum atomic E-state index is -0.240. The van der Waals surface area contributed by atoms with Gasteiger partial charge in [-0.1, -0.05) is 13.8 Å². The Morgan fingerprint density at radius 1 is 1.44 bits per heavy atom. The van der Waals surface area contributed by atoms with E-state index in [4.69, 9.17) is 5.73 Å². The van der Waals surface area contributed by atoms with E-state index in [0.29, 0.717) is 36.8 Å². The van der Waals surface area contributed by atoms with E-state index in [-0.39, 0.29) is 23.4 Å². The Balaban J connectivity index is 1.66. The summed E-state index contributed by atoms with van der Waals surface area (Å²) in [6.07, 6.45) is 2.51. The van der Waals surface area contributed by atoms with Crippen molar-refractivity contribution in [2.24, 2.45) is 0 Å². The number of nitrogen functional groups attached to an aromatic ring is 1. The van der Waals surface area contributed by atoms with E-state index >= 15 is 0 Å². The van der Waals surface area contributed by atoms with Gasteiger partial charge < -0.3 is 15.6 Å². The highest BCUT2D eigenvalue weighted by molar-refractivity contribution is 5.94. The number of rotatable bonds is 5. The number of likely N-dealkylation sites (tertiary alicyclic amines) is 1. The first-order valence-corrected chi connectivity index (χ1v) is 9.14. The van der Waals surface area contributed by atoms with Crippen molar-refractivity contribution in [3.05, 3.63) is 51.8 Å².